The van der Waals surface area contributed by atoms with Crippen LogP contribution in [0.15, 0.2) is 18.3 Å². The maximum absolute atomic E-state index is 12.3. The van der Waals surface area contributed by atoms with E-state index in [0.717, 1.165) is 18.8 Å². The summed E-state index contributed by atoms with van der Waals surface area (Å²) in [4.78, 5) is 18.3. The van der Waals surface area contributed by atoms with Crippen LogP contribution in [0.5, 0.6) is 0 Å². The Bertz CT molecular complexity index is 409. The molecule has 1 aromatic heterocycles. The van der Waals surface area contributed by atoms with Crippen LogP contribution in [0.1, 0.15) is 29.9 Å². The summed E-state index contributed by atoms with van der Waals surface area (Å²) in [6.07, 6.45) is 1.65. The minimum atomic E-state index is 0.0956. The van der Waals surface area contributed by atoms with Crippen molar-refractivity contribution < 1.29 is 4.79 Å². The number of likely N-dealkylation sites (tertiary alicyclic amines) is 1. The Morgan fingerprint density at radius 3 is 2.71 bits per heavy atom. The Morgan fingerprint density at radius 2 is 2.12 bits per heavy atom. The number of carbonyl (C=O) groups is 1. The first-order valence-electron chi connectivity index (χ1n) is 6.06. The molecule has 1 saturated heterocycles. The largest absolute Gasteiger partial charge is 0.338 e. The predicted octanol–water partition coefficient (Wildman–Crippen LogP) is 1.27. The summed E-state index contributed by atoms with van der Waals surface area (Å²) in [6, 6.07) is 3.55. The molecule has 0 aromatic carbocycles. The fourth-order valence-electron chi connectivity index (χ4n) is 2.20. The van der Waals surface area contributed by atoms with Crippen LogP contribution in [-0.4, -0.2) is 28.9 Å². The summed E-state index contributed by atoms with van der Waals surface area (Å²) in [6.45, 7) is 6.44. The summed E-state index contributed by atoms with van der Waals surface area (Å²) in [7, 11) is 0. The fraction of sp³-hybridized carbons (Fsp3) is 0.538. The number of hydrogen-bond donors (Lipinski definition) is 1. The first-order chi connectivity index (χ1) is 8.11. The summed E-state index contributed by atoms with van der Waals surface area (Å²) >= 11 is 0. The molecule has 0 aliphatic carbocycles. The van der Waals surface area contributed by atoms with E-state index < -0.39 is 0 Å². The van der Waals surface area contributed by atoms with Gasteiger partial charge in [-0.15, -0.1) is 0 Å². The maximum Gasteiger partial charge on any atom is 0.253 e. The number of aromatic nitrogens is 1. The molecule has 2 N–H and O–H groups in total. The Kier molecular flexibility index (Phi) is 3.43. The molecule has 2 heterocycles. The maximum atomic E-state index is 12.3. The second kappa shape index (κ2) is 4.84. The summed E-state index contributed by atoms with van der Waals surface area (Å²) in [5.74, 6) is 1.25. The zero-order valence-corrected chi connectivity index (χ0v) is 10.4. The van der Waals surface area contributed by atoms with Crippen molar-refractivity contribution in [2.24, 2.45) is 17.6 Å². The van der Waals surface area contributed by atoms with Crippen molar-refractivity contribution in [1.29, 1.82) is 0 Å². The second-order valence-electron chi connectivity index (χ2n) is 4.90. The highest BCUT2D eigenvalue weighted by Crippen LogP contribution is 2.23. The van der Waals surface area contributed by atoms with Gasteiger partial charge in [0, 0.05) is 31.4 Å². The second-order valence-corrected chi connectivity index (χ2v) is 4.90. The Hall–Kier alpha value is -1.42. The molecule has 1 fully saturated rings. The number of carbonyl (C=O) groups excluding carboxylic acids is 1. The van der Waals surface area contributed by atoms with Crippen LogP contribution in [0, 0.1) is 11.8 Å². The lowest BCUT2D eigenvalue weighted by Crippen LogP contribution is -2.29. The first-order valence-corrected chi connectivity index (χ1v) is 6.06. The van der Waals surface area contributed by atoms with E-state index in [4.69, 9.17) is 5.73 Å². The number of nitrogens with two attached hydrogens (primary N) is 1. The molecule has 2 rings (SSSR count). The minimum absolute atomic E-state index is 0.0956. The Balaban J connectivity index is 2.14. The molecule has 1 aromatic rings. The highest BCUT2D eigenvalue weighted by Gasteiger charge is 2.29. The summed E-state index contributed by atoms with van der Waals surface area (Å²) < 4.78 is 0. The standard InChI is InChI=1S/C13H19N3O/c1-9-7-16(8-10(9)2)13(17)11-3-4-15-12(5-11)6-14/h3-5,9-10H,6-8,14H2,1-2H3. The molecule has 0 spiro atoms. The third-order valence-corrected chi connectivity index (χ3v) is 3.55. The smallest absolute Gasteiger partial charge is 0.253 e. The molecule has 0 bridgehead atoms. The van der Waals surface area contributed by atoms with Crippen molar-refractivity contribution in [2.75, 3.05) is 13.1 Å². The van der Waals surface area contributed by atoms with Gasteiger partial charge in [0.25, 0.3) is 5.91 Å². The van der Waals surface area contributed by atoms with Crippen molar-refractivity contribution in [3.8, 4) is 0 Å². The lowest BCUT2D eigenvalue weighted by Gasteiger charge is -2.16. The molecular formula is C13H19N3O. The van der Waals surface area contributed by atoms with Gasteiger partial charge in [0.15, 0.2) is 0 Å². The van der Waals surface area contributed by atoms with Gasteiger partial charge >= 0.3 is 0 Å². The molecule has 4 nitrogen and oxygen atoms in total. The predicted molar refractivity (Wildman–Crippen MR) is 66.4 cm³/mol. The molecule has 1 aliphatic heterocycles. The third kappa shape index (κ3) is 2.47. The minimum Gasteiger partial charge on any atom is -0.338 e. The monoisotopic (exact) mass is 233 g/mol. The van der Waals surface area contributed by atoms with Crippen molar-refractivity contribution in [3.63, 3.8) is 0 Å². The van der Waals surface area contributed by atoms with Crippen LogP contribution in [0.2, 0.25) is 0 Å². The van der Waals surface area contributed by atoms with E-state index in [1.807, 2.05) is 4.90 Å². The van der Waals surface area contributed by atoms with Crippen LogP contribution in [-0.2, 0) is 6.54 Å². The van der Waals surface area contributed by atoms with Gasteiger partial charge in [-0.2, -0.15) is 0 Å². The van der Waals surface area contributed by atoms with Crippen molar-refractivity contribution in [1.82, 2.24) is 9.88 Å². The number of hydrogen-bond acceptors (Lipinski definition) is 3. The average molecular weight is 233 g/mol. The molecule has 2 unspecified atom stereocenters. The van der Waals surface area contributed by atoms with E-state index in [1.54, 1.807) is 18.3 Å². The normalized spacial score (nSPS) is 24.1. The molecule has 4 heteroatoms. The molecular weight excluding hydrogens is 214 g/mol. The van der Waals surface area contributed by atoms with Crippen LogP contribution >= 0.6 is 0 Å². The molecule has 1 amide bonds. The topological polar surface area (TPSA) is 59.2 Å². The van der Waals surface area contributed by atoms with Crippen molar-refractivity contribution in [2.45, 2.75) is 20.4 Å². The van der Waals surface area contributed by atoms with Crippen molar-refractivity contribution in [3.05, 3.63) is 29.6 Å². The number of nitrogens with zero attached hydrogens (tertiary/aromatic N) is 2. The zero-order valence-electron chi connectivity index (χ0n) is 10.4. The van der Waals surface area contributed by atoms with Gasteiger partial charge < -0.3 is 10.6 Å². The number of rotatable bonds is 2. The van der Waals surface area contributed by atoms with E-state index in [-0.39, 0.29) is 5.91 Å². The number of pyridine rings is 1. The molecule has 0 saturated carbocycles. The van der Waals surface area contributed by atoms with Crippen LogP contribution in [0.3, 0.4) is 0 Å². The average Bonchev–Trinajstić information content (AvgIpc) is 2.69. The van der Waals surface area contributed by atoms with Crippen LogP contribution in [0.25, 0.3) is 0 Å². The van der Waals surface area contributed by atoms with Gasteiger partial charge in [-0.1, -0.05) is 13.8 Å². The van der Waals surface area contributed by atoms with E-state index >= 15 is 0 Å². The van der Waals surface area contributed by atoms with E-state index in [0.29, 0.717) is 23.9 Å². The van der Waals surface area contributed by atoms with Gasteiger partial charge in [-0.3, -0.25) is 9.78 Å². The molecule has 2 atom stereocenters. The number of amides is 1. The van der Waals surface area contributed by atoms with Gasteiger partial charge in [0.1, 0.15) is 0 Å². The van der Waals surface area contributed by atoms with E-state index in [2.05, 4.69) is 18.8 Å². The van der Waals surface area contributed by atoms with Crippen LogP contribution in [0.4, 0.5) is 0 Å². The molecule has 1 aliphatic rings. The highest BCUT2D eigenvalue weighted by molar-refractivity contribution is 5.94. The van der Waals surface area contributed by atoms with Gasteiger partial charge in [-0.25, -0.2) is 0 Å². The molecule has 0 radical (unpaired) electrons. The SMILES string of the molecule is CC1CN(C(=O)c2ccnc(CN)c2)CC1C. The van der Waals surface area contributed by atoms with Crippen molar-refractivity contribution >= 4 is 5.91 Å². The lowest BCUT2D eigenvalue weighted by molar-refractivity contribution is 0.0784. The fourth-order valence-corrected chi connectivity index (χ4v) is 2.20. The Morgan fingerprint density at radius 1 is 1.47 bits per heavy atom. The van der Waals surface area contributed by atoms with Gasteiger partial charge in [-0.05, 0) is 24.0 Å². The zero-order chi connectivity index (χ0) is 12.4. The molecule has 17 heavy (non-hydrogen) atoms. The quantitative estimate of drug-likeness (QED) is 0.836. The van der Waals surface area contributed by atoms with E-state index in [9.17, 15) is 4.79 Å². The molecule has 92 valence electrons. The van der Waals surface area contributed by atoms with Gasteiger partial charge in [0.2, 0.25) is 0 Å². The highest BCUT2D eigenvalue weighted by atomic mass is 16.2. The Labute approximate surface area is 102 Å². The summed E-state index contributed by atoms with van der Waals surface area (Å²) in [5, 5.41) is 0. The summed E-state index contributed by atoms with van der Waals surface area (Å²) in [5.41, 5.74) is 6.99. The van der Waals surface area contributed by atoms with Gasteiger partial charge in [0.05, 0.1) is 5.69 Å². The van der Waals surface area contributed by atoms with E-state index in [1.165, 1.54) is 0 Å². The third-order valence-electron chi connectivity index (χ3n) is 3.55. The first kappa shape index (κ1) is 12.0. The lowest BCUT2D eigenvalue weighted by atomic mass is 10.0. The van der Waals surface area contributed by atoms with Crippen LogP contribution < -0.4 is 5.73 Å².